The first-order valence-corrected chi connectivity index (χ1v) is 12.1. The largest absolute Gasteiger partial charge is 0.386 e. The Bertz CT molecular complexity index is 1410. The van der Waals surface area contributed by atoms with Gasteiger partial charge in [-0.25, -0.2) is 14.4 Å². The molecule has 4 heterocycles. The Morgan fingerprint density at radius 2 is 1.94 bits per heavy atom. The summed E-state index contributed by atoms with van der Waals surface area (Å²) in [4.78, 5) is 16.4. The second-order valence-electron chi connectivity index (χ2n) is 9.22. The quantitative estimate of drug-likeness (QED) is 0.326. The van der Waals surface area contributed by atoms with Gasteiger partial charge < -0.3 is 15.3 Å². The molecule has 1 saturated heterocycles. The smallest absolute Gasteiger partial charge is 0.196 e. The van der Waals surface area contributed by atoms with Gasteiger partial charge in [0.2, 0.25) is 0 Å². The lowest BCUT2D eigenvalue weighted by atomic mass is 9.89. The van der Waals surface area contributed by atoms with E-state index in [4.69, 9.17) is 4.98 Å². The van der Waals surface area contributed by atoms with E-state index in [1.54, 1.807) is 0 Å². The Morgan fingerprint density at radius 1 is 1.12 bits per heavy atom. The number of fused-ring (bicyclic) bond motifs is 1. The van der Waals surface area contributed by atoms with E-state index in [0.717, 1.165) is 35.4 Å². The van der Waals surface area contributed by atoms with Gasteiger partial charge in [-0.1, -0.05) is 6.07 Å². The van der Waals surface area contributed by atoms with Gasteiger partial charge in [0.1, 0.15) is 22.8 Å². The number of β-amino-alcohol motifs (C(OH)–C–C–N with tert-alkyl or cyclic N) is 1. The third kappa shape index (κ3) is 4.07. The zero-order valence-corrected chi connectivity index (χ0v) is 19.7. The molecule has 3 N–H and O–H groups in total. The van der Waals surface area contributed by atoms with E-state index in [0.29, 0.717) is 46.2 Å². The Balaban J connectivity index is 0.00000127. The maximum absolute atomic E-state index is 14.8. The molecule has 6 rings (SSSR count). The average Bonchev–Trinajstić information content (AvgIpc) is 3.55. The molecule has 180 valence electrons. The van der Waals surface area contributed by atoms with Crippen molar-refractivity contribution < 1.29 is 13.8 Å². The minimum absolute atomic E-state index is 0. The maximum Gasteiger partial charge on any atom is 0.196 e. The number of rotatable bonds is 6. The van der Waals surface area contributed by atoms with Crippen LogP contribution in [0.2, 0.25) is 0 Å². The number of aromatic amines is 1. The molecule has 0 atom stereocenters. The summed E-state index contributed by atoms with van der Waals surface area (Å²) < 4.78 is 14.8. The number of pyridine rings is 1. The minimum Gasteiger partial charge on any atom is -0.386 e. The number of nitrogens with one attached hydrogen (secondary N) is 2. The van der Waals surface area contributed by atoms with Crippen LogP contribution in [0.5, 0.6) is 0 Å². The summed E-state index contributed by atoms with van der Waals surface area (Å²) in [5, 5.41) is 22.3. The minimum atomic E-state index is -0.627. The number of benzene rings is 1. The van der Waals surface area contributed by atoms with E-state index in [1.165, 1.54) is 17.8 Å². The number of aliphatic hydroxyl groups is 1. The normalized spacial score (nSPS) is 17.1. The molecule has 34 heavy (non-hydrogen) atoms. The van der Waals surface area contributed by atoms with Crippen LogP contribution in [0.1, 0.15) is 28.5 Å². The highest BCUT2D eigenvalue weighted by Crippen LogP contribution is 2.45. The molecule has 0 spiro atoms. The lowest BCUT2D eigenvalue weighted by Gasteiger charge is -2.47. The van der Waals surface area contributed by atoms with Gasteiger partial charge in [0.25, 0.3) is 0 Å². The molecule has 2 fully saturated rings. The molecule has 1 aromatic carbocycles. The van der Waals surface area contributed by atoms with Gasteiger partial charge in [-0.05, 0) is 62.6 Å². The number of nitrogens with zero attached hydrogens (tertiary/aromatic N) is 5. The van der Waals surface area contributed by atoms with Crippen molar-refractivity contribution in [3.8, 4) is 0 Å². The Morgan fingerprint density at radius 3 is 2.68 bits per heavy atom. The number of aromatic nitrogens is 5. The molecule has 1 aliphatic heterocycles. The molecule has 1 saturated carbocycles. The van der Waals surface area contributed by atoms with E-state index in [-0.39, 0.29) is 10.1 Å². The molecule has 10 heteroatoms. The summed E-state index contributed by atoms with van der Waals surface area (Å²) in [6, 6.07) is 10.8. The van der Waals surface area contributed by atoms with Gasteiger partial charge in [-0.3, -0.25) is 10.1 Å². The van der Waals surface area contributed by atoms with Crippen LogP contribution in [0.4, 0.5) is 21.8 Å². The number of aryl methyl sites for hydroxylation is 2. The van der Waals surface area contributed by atoms with Crippen LogP contribution < -0.4 is 10.2 Å². The van der Waals surface area contributed by atoms with E-state index >= 15 is 0 Å². The molecule has 4 aromatic rings. The molecular weight excluding hydrogens is 453 g/mol. The van der Waals surface area contributed by atoms with Gasteiger partial charge in [0, 0.05) is 38.1 Å². The summed E-state index contributed by atoms with van der Waals surface area (Å²) in [6.45, 7) is 4.87. The second-order valence-corrected chi connectivity index (χ2v) is 10.3. The van der Waals surface area contributed by atoms with Crippen LogP contribution in [0, 0.1) is 25.6 Å². The summed E-state index contributed by atoms with van der Waals surface area (Å²) in [7, 11) is 0. The summed E-state index contributed by atoms with van der Waals surface area (Å²) in [5.41, 5.74) is 1.43. The topological polar surface area (TPSA) is 103 Å². The van der Waals surface area contributed by atoms with Crippen molar-refractivity contribution >= 4 is 40.1 Å². The maximum atomic E-state index is 14.8. The third-order valence-electron chi connectivity index (χ3n) is 6.31. The van der Waals surface area contributed by atoms with Crippen molar-refractivity contribution in [1.29, 1.82) is 0 Å². The van der Waals surface area contributed by atoms with Crippen LogP contribution in [0.3, 0.4) is 0 Å². The highest BCUT2D eigenvalue weighted by molar-refractivity contribution is 7.99. The zero-order chi connectivity index (χ0) is 23.4. The summed E-state index contributed by atoms with van der Waals surface area (Å²) in [5.74, 6) is 1.97. The van der Waals surface area contributed by atoms with Crippen molar-refractivity contribution in [1.82, 2.24) is 25.1 Å². The van der Waals surface area contributed by atoms with Crippen molar-refractivity contribution in [3.63, 3.8) is 0 Å². The van der Waals surface area contributed by atoms with Gasteiger partial charge in [0.05, 0.1) is 13.1 Å². The predicted molar refractivity (Wildman–Crippen MR) is 135 cm³/mol. The fourth-order valence-corrected chi connectivity index (χ4v) is 5.22. The van der Waals surface area contributed by atoms with Crippen LogP contribution in [0.25, 0.3) is 10.9 Å². The van der Waals surface area contributed by atoms with Gasteiger partial charge >= 0.3 is 0 Å². The highest BCUT2D eigenvalue weighted by atomic mass is 32.2. The molecule has 0 amide bonds. The van der Waals surface area contributed by atoms with Crippen LogP contribution in [-0.4, -0.2) is 48.9 Å². The first-order valence-electron chi connectivity index (χ1n) is 11.2. The monoisotopic (exact) mass is 483 g/mol. The van der Waals surface area contributed by atoms with Crippen LogP contribution >= 0.6 is 11.8 Å². The molecule has 0 radical (unpaired) electrons. The van der Waals surface area contributed by atoms with E-state index in [2.05, 4.69) is 30.4 Å². The van der Waals surface area contributed by atoms with Crippen molar-refractivity contribution in [3.05, 3.63) is 53.6 Å². The molecular formula is C24H30FN7OS. The van der Waals surface area contributed by atoms with E-state index in [1.807, 2.05) is 44.2 Å². The van der Waals surface area contributed by atoms with Gasteiger partial charge in [-0.15, -0.1) is 0 Å². The molecule has 0 bridgehead atoms. The molecule has 2 aliphatic rings. The first kappa shape index (κ1) is 21.3. The predicted octanol–water partition coefficient (Wildman–Crippen LogP) is 5.10. The average molecular weight is 484 g/mol. The number of hydrogen-bond donors (Lipinski definition) is 3. The second kappa shape index (κ2) is 7.92. The Kier molecular flexibility index (Phi) is 4.96. The van der Waals surface area contributed by atoms with Crippen LogP contribution in [-0.2, 0) is 0 Å². The lowest BCUT2D eigenvalue weighted by Crippen LogP contribution is -2.63. The number of halogens is 1. The number of anilines is 3. The molecule has 8 nitrogen and oxygen atoms in total. The molecule has 0 unspecified atom stereocenters. The van der Waals surface area contributed by atoms with Crippen molar-refractivity contribution in [2.75, 3.05) is 23.3 Å². The fraction of sp³-hybridized carbons (Fsp3) is 0.333. The number of hydrogen-bond acceptors (Lipinski definition) is 8. The van der Waals surface area contributed by atoms with E-state index in [9.17, 15) is 9.50 Å². The molecule has 3 aromatic heterocycles. The first-order chi connectivity index (χ1) is 16.3. The standard InChI is InChI=1S/C24H24FN7OS.3H2/c1-13-3-4-15-8-17(9-18(25)22(15)26-13)34-23-28-19(27-20-7-14(2)30-31-20)10-21(29-23)32-11-24(33,12-32)16-5-6-16;;;/h3-4,7-10,16,33H,5-6,11-12H2,1-2H3,(H2,27,28,29,30,31);3*1H. The lowest BCUT2D eigenvalue weighted by molar-refractivity contribution is -0.00980. The Labute approximate surface area is 204 Å². The third-order valence-corrected chi connectivity index (χ3v) is 7.15. The van der Waals surface area contributed by atoms with Crippen molar-refractivity contribution in [2.45, 2.75) is 42.3 Å². The van der Waals surface area contributed by atoms with Crippen LogP contribution in [0.15, 0.2) is 46.5 Å². The zero-order valence-electron chi connectivity index (χ0n) is 18.8. The van der Waals surface area contributed by atoms with Gasteiger partial charge in [0.15, 0.2) is 16.8 Å². The number of H-pyrrole nitrogens is 1. The fourth-order valence-electron chi connectivity index (χ4n) is 4.38. The summed E-state index contributed by atoms with van der Waals surface area (Å²) >= 11 is 1.29. The Hall–Kier alpha value is -3.24. The highest BCUT2D eigenvalue weighted by Gasteiger charge is 2.52. The summed E-state index contributed by atoms with van der Waals surface area (Å²) in [6.07, 6.45) is 2.17. The molecule has 1 aliphatic carbocycles. The van der Waals surface area contributed by atoms with E-state index < -0.39 is 5.60 Å². The SMILES string of the molecule is Cc1ccc2cc(Sc3nc(Nc4cc(C)[nH]n4)cc(N4CC(O)(C5CC5)C4)n3)cc(F)c2n1.[HH].[HH].[HH]. The van der Waals surface area contributed by atoms with Crippen molar-refractivity contribution in [2.24, 2.45) is 5.92 Å². The van der Waals surface area contributed by atoms with Gasteiger partial charge in [-0.2, -0.15) is 5.10 Å².